The second kappa shape index (κ2) is 9.64. The van der Waals surface area contributed by atoms with Gasteiger partial charge in [0.15, 0.2) is 11.5 Å². The standard InChI is InChI=1S/C15H26N2O2/c1-4-8-16-9-5-10-17-12-13-6-7-14(18-2)15(11-13)19-3/h6-7,11,16-17H,4-5,8-10,12H2,1-3H3. The van der Waals surface area contributed by atoms with Gasteiger partial charge >= 0.3 is 0 Å². The van der Waals surface area contributed by atoms with Gasteiger partial charge in [-0.3, -0.25) is 0 Å². The van der Waals surface area contributed by atoms with Crippen LogP contribution < -0.4 is 20.1 Å². The van der Waals surface area contributed by atoms with Crippen molar-refractivity contribution in [1.82, 2.24) is 10.6 Å². The smallest absolute Gasteiger partial charge is 0.161 e. The summed E-state index contributed by atoms with van der Waals surface area (Å²) < 4.78 is 10.5. The summed E-state index contributed by atoms with van der Waals surface area (Å²) in [6.07, 6.45) is 2.34. The third kappa shape index (κ3) is 5.94. The van der Waals surface area contributed by atoms with Crippen LogP contribution in [0.2, 0.25) is 0 Å². The molecule has 0 saturated heterocycles. The van der Waals surface area contributed by atoms with Crippen molar-refractivity contribution in [1.29, 1.82) is 0 Å². The lowest BCUT2D eigenvalue weighted by Crippen LogP contribution is -2.22. The molecule has 1 rings (SSSR count). The van der Waals surface area contributed by atoms with Crippen LogP contribution in [0, 0.1) is 0 Å². The molecule has 0 aliphatic rings. The summed E-state index contributed by atoms with van der Waals surface area (Å²) in [4.78, 5) is 0. The fourth-order valence-corrected chi connectivity index (χ4v) is 1.86. The van der Waals surface area contributed by atoms with Gasteiger partial charge in [-0.15, -0.1) is 0 Å². The molecule has 0 heterocycles. The summed E-state index contributed by atoms with van der Waals surface area (Å²) in [6, 6.07) is 6.02. The molecule has 1 aromatic rings. The molecule has 4 nitrogen and oxygen atoms in total. The van der Waals surface area contributed by atoms with Crippen LogP contribution in [0.15, 0.2) is 18.2 Å². The van der Waals surface area contributed by atoms with E-state index in [9.17, 15) is 0 Å². The molecule has 0 aromatic heterocycles. The number of nitrogens with one attached hydrogen (secondary N) is 2. The van der Waals surface area contributed by atoms with Crippen LogP contribution in [-0.2, 0) is 6.54 Å². The monoisotopic (exact) mass is 266 g/mol. The minimum Gasteiger partial charge on any atom is -0.493 e. The van der Waals surface area contributed by atoms with Gasteiger partial charge in [0.25, 0.3) is 0 Å². The Bertz CT molecular complexity index is 356. The zero-order valence-corrected chi connectivity index (χ0v) is 12.3. The van der Waals surface area contributed by atoms with E-state index in [1.54, 1.807) is 14.2 Å². The molecule has 0 spiro atoms. The van der Waals surface area contributed by atoms with Crippen molar-refractivity contribution in [3.8, 4) is 11.5 Å². The highest BCUT2D eigenvalue weighted by Gasteiger charge is 2.03. The Morgan fingerprint density at radius 2 is 1.68 bits per heavy atom. The maximum Gasteiger partial charge on any atom is 0.161 e. The lowest BCUT2D eigenvalue weighted by atomic mass is 10.2. The lowest BCUT2D eigenvalue weighted by Gasteiger charge is -2.10. The van der Waals surface area contributed by atoms with Crippen LogP contribution in [0.3, 0.4) is 0 Å². The Morgan fingerprint density at radius 1 is 0.947 bits per heavy atom. The van der Waals surface area contributed by atoms with Crippen molar-refractivity contribution in [2.45, 2.75) is 26.3 Å². The van der Waals surface area contributed by atoms with Gasteiger partial charge in [-0.2, -0.15) is 0 Å². The second-order valence-corrected chi connectivity index (χ2v) is 4.47. The van der Waals surface area contributed by atoms with E-state index in [4.69, 9.17) is 9.47 Å². The Labute approximate surface area is 116 Å². The van der Waals surface area contributed by atoms with Crippen molar-refractivity contribution in [3.63, 3.8) is 0 Å². The van der Waals surface area contributed by atoms with Gasteiger partial charge in [-0.25, -0.2) is 0 Å². The van der Waals surface area contributed by atoms with Crippen LogP contribution in [-0.4, -0.2) is 33.9 Å². The predicted octanol–water partition coefficient (Wildman–Crippen LogP) is 2.18. The van der Waals surface area contributed by atoms with E-state index >= 15 is 0 Å². The van der Waals surface area contributed by atoms with E-state index in [0.29, 0.717) is 0 Å². The molecule has 0 aliphatic heterocycles. The molecule has 4 heteroatoms. The van der Waals surface area contributed by atoms with Crippen LogP contribution in [0.5, 0.6) is 11.5 Å². The van der Waals surface area contributed by atoms with Crippen LogP contribution in [0.25, 0.3) is 0 Å². The maximum absolute atomic E-state index is 5.29. The molecule has 0 bridgehead atoms. The normalized spacial score (nSPS) is 10.5. The van der Waals surface area contributed by atoms with Gasteiger partial charge in [0.1, 0.15) is 0 Å². The minimum atomic E-state index is 0.773. The summed E-state index contributed by atoms with van der Waals surface area (Å²) in [5.41, 5.74) is 1.21. The van der Waals surface area contributed by atoms with E-state index in [1.165, 1.54) is 12.0 Å². The number of ether oxygens (including phenoxy) is 2. The van der Waals surface area contributed by atoms with E-state index in [-0.39, 0.29) is 0 Å². The number of hydrogen-bond acceptors (Lipinski definition) is 4. The molecule has 0 unspecified atom stereocenters. The third-order valence-corrected chi connectivity index (χ3v) is 2.91. The molecule has 19 heavy (non-hydrogen) atoms. The molecule has 0 fully saturated rings. The summed E-state index contributed by atoms with van der Waals surface area (Å²) >= 11 is 0. The Balaban J connectivity index is 2.26. The fraction of sp³-hybridized carbons (Fsp3) is 0.600. The van der Waals surface area contributed by atoms with E-state index in [1.807, 2.05) is 12.1 Å². The van der Waals surface area contributed by atoms with Crippen molar-refractivity contribution in [3.05, 3.63) is 23.8 Å². The van der Waals surface area contributed by atoms with Crippen molar-refractivity contribution >= 4 is 0 Å². The summed E-state index contributed by atoms with van der Waals surface area (Å²) in [5, 5.41) is 6.82. The molecule has 0 aliphatic carbocycles. The van der Waals surface area contributed by atoms with Gasteiger partial charge in [0.2, 0.25) is 0 Å². The van der Waals surface area contributed by atoms with Crippen molar-refractivity contribution in [2.75, 3.05) is 33.9 Å². The van der Waals surface area contributed by atoms with Gasteiger partial charge in [0.05, 0.1) is 14.2 Å². The number of rotatable bonds is 10. The maximum atomic E-state index is 5.29. The summed E-state index contributed by atoms with van der Waals surface area (Å²) in [7, 11) is 3.31. The highest BCUT2D eigenvalue weighted by molar-refractivity contribution is 5.42. The zero-order valence-electron chi connectivity index (χ0n) is 12.3. The Hall–Kier alpha value is -1.26. The summed E-state index contributed by atoms with van der Waals surface area (Å²) in [5.74, 6) is 1.56. The van der Waals surface area contributed by atoms with Gasteiger partial charge in [-0.05, 0) is 50.2 Å². The van der Waals surface area contributed by atoms with Gasteiger partial charge < -0.3 is 20.1 Å². The molecule has 0 radical (unpaired) electrons. The molecule has 1 aromatic carbocycles. The first-order chi connectivity index (χ1) is 9.31. The highest BCUT2D eigenvalue weighted by atomic mass is 16.5. The van der Waals surface area contributed by atoms with Crippen LogP contribution >= 0.6 is 0 Å². The first-order valence-electron chi connectivity index (χ1n) is 6.94. The topological polar surface area (TPSA) is 42.5 Å². The van der Waals surface area contributed by atoms with Crippen LogP contribution in [0.1, 0.15) is 25.3 Å². The van der Waals surface area contributed by atoms with Crippen molar-refractivity contribution < 1.29 is 9.47 Å². The highest BCUT2D eigenvalue weighted by Crippen LogP contribution is 2.27. The molecular formula is C15H26N2O2. The largest absolute Gasteiger partial charge is 0.493 e. The predicted molar refractivity (Wildman–Crippen MR) is 79.0 cm³/mol. The summed E-state index contributed by atoms with van der Waals surface area (Å²) in [6.45, 7) is 6.24. The van der Waals surface area contributed by atoms with E-state index in [0.717, 1.165) is 44.1 Å². The van der Waals surface area contributed by atoms with Gasteiger partial charge in [0, 0.05) is 6.54 Å². The molecule has 0 amide bonds. The molecule has 0 atom stereocenters. The lowest BCUT2D eigenvalue weighted by molar-refractivity contribution is 0.354. The SMILES string of the molecule is CCCNCCCNCc1ccc(OC)c(OC)c1. The van der Waals surface area contributed by atoms with E-state index < -0.39 is 0 Å². The first-order valence-corrected chi connectivity index (χ1v) is 6.94. The third-order valence-electron chi connectivity index (χ3n) is 2.91. The number of methoxy groups -OCH3 is 2. The van der Waals surface area contributed by atoms with Crippen molar-refractivity contribution in [2.24, 2.45) is 0 Å². The van der Waals surface area contributed by atoms with E-state index in [2.05, 4.69) is 23.6 Å². The molecule has 0 saturated carbocycles. The van der Waals surface area contributed by atoms with Crippen LogP contribution in [0.4, 0.5) is 0 Å². The number of benzene rings is 1. The molecular weight excluding hydrogens is 240 g/mol. The van der Waals surface area contributed by atoms with Gasteiger partial charge in [-0.1, -0.05) is 13.0 Å². The Morgan fingerprint density at radius 3 is 2.37 bits per heavy atom. The minimum absolute atomic E-state index is 0.773. The second-order valence-electron chi connectivity index (χ2n) is 4.47. The quantitative estimate of drug-likeness (QED) is 0.637. The average Bonchev–Trinajstić information content (AvgIpc) is 2.46. The first kappa shape index (κ1) is 15.8. The molecule has 108 valence electrons. The Kier molecular flexibility index (Phi) is 8.02. The number of hydrogen-bond donors (Lipinski definition) is 2. The average molecular weight is 266 g/mol. The fourth-order valence-electron chi connectivity index (χ4n) is 1.86. The zero-order chi connectivity index (χ0) is 13.9. The molecule has 2 N–H and O–H groups in total.